The van der Waals surface area contributed by atoms with Gasteiger partial charge in [0.25, 0.3) is 0 Å². The summed E-state index contributed by atoms with van der Waals surface area (Å²) < 4.78 is 34.9. The summed E-state index contributed by atoms with van der Waals surface area (Å²) in [4.78, 5) is 28.9. The Morgan fingerprint density at radius 2 is 2.00 bits per heavy atom. The van der Waals surface area contributed by atoms with E-state index in [2.05, 4.69) is 4.99 Å². The number of carbonyl (C=O) groups excluding carboxylic acids is 1. The largest absolute Gasteiger partial charge is 0.481 e. The summed E-state index contributed by atoms with van der Waals surface area (Å²) >= 11 is 1.31. The van der Waals surface area contributed by atoms with Gasteiger partial charge in [-0.15, -0.1) is 0 Å². The molecular formula is C18H20N2O7S2. The summed E-state index contributed by atoms with van der Waals surface area (Å²) in [6.07, 6.45) is 0.176. The number of carbonyl (C=O) groups is 2. The van der Waals surface area contributed by atoms with E-state index in [0.29, 0.717) is 23.2 Å². The van der Waals surface area contributed by atoms with Crippen LogP contribution in [0.2, 0.25) is 0 Å². The van der Waals surface area contributed by atoms with Gasteiger partial charge in [0, 0.05) is 24.6 Å². The lowest BCUT2D eigenvalue weighted by Crippen LogP contribution is -2.37. The maximum Gasteiger partial charge on any atom is 0.303 e. The molecule has 156 valence electrons. The third kappa shape index (κ3) is 4.50. The number of benzene rings is 1. The molecule has 1 amide bonds. The zero-order chi connectivity index (χ0) is 20.6. The van der Waals surface area contributed by atoms with Crippen LogP contribution in [0.15, 0.2) is 23.2 Å². The molecule has 0 spiro atoms. The summed E-state index contributed by atoms with van der Waals surface area (Å²) in [5.41, 5.74) is 0.894. The number of amidine groups is 1. The molecule has 0 unspecified atom stereocenters. The zero-order valence-corrected chi connectivity index (χ0v) is 17.1. The van der Waals surface area contributed by atoms with Gasteiger partial charge >= 0.3 is 5.97 Å². The first-order valence-corrected chi connectivity index (χ1v) is 11.9. The molecule has 2 atom stereocenters. The van der Waals surface area contributed by atoms with E-state index in [-0.39, 0.29) is 48.9 Å². The summed E-state index contributed by atoms with van der Waals surface area (Å²) in [6, 6.07) is 5.27. The van der Waals surface area contributed by atoms with E-state index in [0.717, 1.165) is 5.56 Å². The fraction of sp³-hybridized carbons (Fsp3) is 0.500. The SMILES string of the molecule is O=C(O)CCCC(=O)N=C1S[C@H]2CS(=O)(=O)C[C@@H]2N1Cc1ccc2c(c1)OCO2. The average molecular weight is 440 g/mol. The molecule has 3 heterocycles. The predicted octanol–water partition coefficient (Wildman–Crippen LogP) is 1.27. The van der Waals surface area contributed by atoms with Crippen molar-refractivity contribution >= 4 is 38.6 Å². The molecular weight excluding hydrogens is 420 g/mol. The van der Waals surface area contributed by atoms with Crippen molar-refractivity contribution in [3.05, 3.63) is 23.8 Å². The van der Waals surface area contributed by atoms with Gasteiger partial charge in [0.15, 0.2) is 26.5 Å². The lowest BCUT2D eigenvalue weighted by Gasteiger charge is -2.24. The number of amides is 1. The quantitative estimate of drug-likeness (QED) is 0.696. The monoisotopic (exact) mass is 440 g/mol. The molecule has 0 aliphatic carbocycles. The number of hydrogen-bond acceptors (Lipinski definition) is 7. The fourth-order valence-electron chi connectivity index (χ4n) is 3.61. The minimum atomic E-state index is -3.13. The molecule has 0 bridgehead atoms. The molecule has 4 rings (SSSR count). The predicted molar refractivity (Wildman–Crippen MR) is 106 cm³/mol. The van der Waals surface area contributed by atoms with Crippen LogP contribution in [-0.2, 0) is 26.0 Å². The van der Waals surface area contributed by atoms with Crippen molar-refractivity contribution < 1.29 is 32.6 Å². The van der Waals surface area contributed by atoms with Crippen molar-refractivity contribution in [3.63, 3.8) is 0 Å². The Morgan fingerprint density at radius 3 is 2.79 bits per heavy atom. The van der Waals surface area contributed by atoms with E-state index < -0.39 is 21.7 Å². The second-order valence-electron chi connectivity index (χ2n) is 7.15. The summed E-state index contributed by atoms with van der Waals surface area (Å²) in [6.45, 7) is 0.556. The number of hydrogen-bond donors (Lipinski definition) is 1. The molecule has 29 heavy (non-hydrogen) atoms. The van der Waals surface area contributed by atoms with E-state index in [9.17, 15) is 18.0 Å². The number of nitrogens with zero attached hydrogens (tertiary/aromatic N) is 2. The van der Waals surface area contributed by atoms with Crippen molar-refractivity contribution in [2.45, 2.75) is 37.1 Å². The number of carboxylic acid groups (broad SMARTS) is 1. The van der Waals surface area contributed by atoms with Crippen LogP contribution in [-0.4, -0.2) is 65.1 Å². The van der Waals surface area contributed by atoms with Gasteiger partial charge in [-0.1, -0.05) is 17.8 Å². The van der Waals surface area contributed by atoms with Crippen LogP contribution in [0.4, 0.5) is 0 Å². The summed E-state index contributed by atoms with van der Waals surface area (Å²) in [5, 5.41) is 9.03. The van der Waals surface area contributed by atoms with Crippen LogP contribution in [0.5, 0.6) is 11.5 Å². The number of rotatable bonds is 6. The van der Waals surface area contributed by atoms with Gasteiger partial charge in [-0.05, 0) is 24.1 Å². The molecule has 2 fully saturated rings. The topological polar surface area (TPSA) is 123 Å². The van der Waals surface area contributed by atoms with E-state index in [1.54, 1.807) is 6.07 Å². The summed E-state index contributed by atoms with van der Waals surface area (Å²) in [7, 11) is -3.13. The molecule has 2 saturated heterocycles. The first kappa shape index (κ1) is 20.0. The number of sulfone groups is 1. The highest BCUT2D eigenvalue weighted by Crippen LogP contribution is 2.40. The maximum absolute atomic E-state index is 12.2. The molecule has 3 aliphatic heterocycles. The van der Waals surface area contributed by atoms with E-state index in [4.69, 9.17) is 14.6 Å². The van der Waals surface area contributed by atoms with Crippen molar-refractivity contribution in [2.75, 3.05) is 18.3 Å². The molecule has 0 aromatic heterocycles. The van der Waals surface area contributed by atoms with Gasteiger partial charge in [-0.25, -0.2) is 8.42 Å². The Kier molecular flexibility index (Phi) is 5.43. The van der Waals surface area contributed by atoms with E-state index in [1.807, 2.05) is 17.0 Å². The Hall–Kier alpha value is -2.27. The second kappa shape index (κ2) is 7.86. The molecule has 0 radical (unpaired) electrons. The fourth-order valence-corrected chi connectivity index (χ4v) is 7.58. The van der Waals surface area contributed by atoms with Gasteiger partial charge in [0.2, 0.25) is 12.7 Å². The minimum Gasteiger partial charge on any atom is -0.481 e. The maximum atomic E-state index is 12.2. The molecule has 0 saturated carbocycles. The number of fused-ring (bicyclic) bond motifs is 2. The number of ether oxygens (including phenoxy) is 2. The van der Waals surface area contributed by atoms with Crippen LogP contribution in [0.3, 0.4) is 0 Å². The van der Waals surface area contributed by atoms with Gasteiger partial charge in [0.1, 0.15) is 0 Å². The molecule has 1 aromatic rings. The number of aliphatic imine (C=N–C) groups is 1. The van der Waals surface area contributed by atoms with Crippen LogP contribution in [0.25, 0.3) is 0 Å². The molecule has 1 N–H and O–H groups in total. The summed E-state index contributed by atoms with van der Waals surface area (Å²) in [5.74, 6) is 0.0341. The van der Waals surface area contributed by atoms with Gasteiger partial charge in [0.05, 0.1) is 17.5 Å². The molecule has 11 heteroatoms. The Labute approximate surface area is 172 Å². The van der Waals surface area contributed by atoms with Crippen LogP contribution < -0.4 is 9.47 Å². The molecule has 9 nitrogen and oxygen atoms in total. The van der Waals surface area contributed by atoms with Gasteiger partial charge in [-0.3, -0.25) is 9.59 Å². The first-order valence-electron chi connectivity index (χ1n) is 9.16. The average Bonchev–Trinajstić information content (AvgIpc) is 3.28. The smallest absolute Gasteiger partial charge is 0.303 e. The number of carboxylic acids is 1. The zero-order valence-electron chi connectivity index (χ0n) is 15.4. The Bertz CT molecular complexity index is 976. The van der Waals surface area contributed by atoms with Crippen molar-refractivity contribution in [2.24, 2.45) is 4.99 Å². The highest BCUT2D eigenvalue weighted by atomic mass is 32.2. The number of aliphatic carboxylic acids is 1. The number of thioether (sulfide) groups is 1. The van der Waals surface area contributed by atoms with Crippen LogP contribution in [0.1, 0.15) is 24.8 Å². The van der Waals surface area contributed by atoms with Crippen molar-refractivity contribution in [3.8, 4) is 11.5 Å². The highest BCUT2D eigenvalue weighted by Gasteiger charge is 2.48. The van der Waals surface area contributed by atoms with Crippen molar-refractivity contribution in [1.29, 1.82) is 0 Å². The van der Waals surface area contributed by atoms with E-state index in [1.165, 1.54) is 11.8 Å². The normalized spacial score (nSPS) is 25.4. The highest BCUT2D eigenvalue weighted by molar-refractivity contribution is 8.15. The third-order valence-electron chi connectivity index (χ3n) is 4.97. The van der Waals surface area contributed by atoms with E-state index >= 15 is 0 Å². The Morgan fingerprint density at radius 1 is 1.21 bits per heavy atom. The third-order valence-corrected chi connectivity index (χ3v) is 8.21. The lowest BCUT2D eigenvalue weighted by atomic mass is 10.1. The van der Waals surface area contributed by atoms with Crippen LogP contribution >= 0.6 is 11.8 Å². The molecule has 1 aromatic carbocycles. The minimum absolute atomic E-state index is 0.0292. The first-order chi connectivity index (χ1) is 13.8. The second-order valence-corrected chi connectivity index (χ2v) is 10.5. The van der Waals surface area contributed by atoms with Gasteiger partial charge in [-0.2, -0.15) is 4.99 Å². The lowest BCUT2D eigenvalue weighted by molar-refractivity contribution is -0.137. The molecule has 3 aliphatic rings. The van der Waals surface area contributed by atoms with Crippen molar-refractivity contribution in [1.82, 2.24) is 4.90 Å². The standard InChI is InChI=1S/C18H20N2O7S2/c21-16(2-1-3-17(22)23)19-18-20(12-8-29(24,25)9-15(12)28-18)7-11-4-5-13-14(6-11)27-10-26-13/h4-6,12,15H,1-3,7-10H2,(H,22,23)/t12-,15-/m0/s1. The Balaban J connectivity index is 1.53. The van der Waals surface area contributed by atoms with Crippen LogP contribution in [0, 0.1) is 0 Å². The van der Waals surface area contributed by atoms with Gasteiger partial charge < -0.3 is 19.5 Å².